The first-order chi connectivity index (χ1) is 26.3. The van der Waals surface area contributed by atoms with Crippen LogP contribution in [-0.4, -0.2) is 0 Å². The van der Waals surface area contributed by atoms with Gasteiger partial charge in [0, 0.05) is 17.1 Å². The van der Waals surface area contributed by atoms with E-state index in [2.05, 4.69) is 193 Å². The molecule has 0 unspecified atom stereocenters. The molecule has 0 bridgehead atoms. The molecule has 252 valence electrons. The van der Waals surface area contributed by atoms with Crippen LogP contribution < -0.4 is 4.90 Å². The third-order valence-corrected chi connectivity index (χ3v) is 11.1. The quantitative estimate of drug-likeness (QED) is 0.158. The Bertz CT molecular complexity index is 2760. The Hall–Kier alpha value is -6.44. The highest BCUT2D eigenvalue weighted by atomic mass is 15.1. The smallest absolute Gasteiger partial charge is 0.0464 e. The van der Waals surface area contributed by atoms with E-state index in [0.29, 0.717) is 0 Å². The fourth-order valence-electron chi connectivity index (χ4n) is 8.61. The lowest BCUT2D eigenvalue weighted by Crippen LogP contribution is -2.18. The summed E-state index contributed by atoms with van der Waals surface area (Å²) in [6.45, 7) is 0. The maximum atomic E-state index is 2.50. The summed E-state index contributed by atoms with van der Waals surface area (Å²) in [6.07, 6.45) is 13.6. The molecule has 0 spiro atoms. The van der Waals surface area contributed by atoms with Gasteiger partial charge in [-0.3, -0.25) is 0 Å². The van der Waals surface area contributed by atoms with E-state index in [-0.39, 0.29) is 0 Å². The van der Waals surface area contributed by atoms with Gasteiger partial charge in [-0.25, -0.2) is 0 Å². The third kappa shape index (κ3) is 5.66. The molecule has 53 heavy (non-hydrogen) atoms. The monoisotopic (exact) mass is 677 g/mol. The minimum Gasteiger partial charge on any atom is -0.314 e. The Morgan fingerprint density at radius 1 is 0.434 bits per heavy atom. The average Bonchev–Trinajstić information content (AvgIpc) is 3.24. The van der Waals surface area contributed by atoms with Crippen molar-refractivity contribution in [3.8, 4) is 22.3 Å². The molecule has 0 radical (unpaired) electrons. The normalized spacial score (nSPS) is 13.9. The lowest BCUT2D eigenvalue weighted by Gasteiger charge is -2.31. The molecular formula is C52H39N. The van der Waals surface area contributed by atoms with Crippen molar-refractivity contribution in [1.82, 2.24) is 0 Å². The van der Waals surface area contributed by atoms with Crippen LogP contribution in [-0.2, 0) is 6.42 Å². The van der Waals surface area contributed by atoms with E-state index in [1.54, 1.807) is 0 Å². The molecule has 0 atom stereocenters. The molecule has 8 aromatic carbocycles. The molecular weight excluding hydrogens is 639 g/mol. The van der Waals surface area contributed by atoms with Crippen LogP contribution in [0.2, 0.25) is 0 Å². The van der Waals surface area contributed by atoms with Gasteiger partial charge in [-0.1, -0.05) is 146 Å². The maximum absolute atomic E-state index is 2.50. The number of hydrogen-bond donors (Lipinski definition) is 0. The lowest BCUT2D eigenvalue weighted by molar-refractivity contribution is 0.921. The first-order valence-electron chi connectivity index (χ1n) is 18.9. The zero-order chi connectivity index (χ0) is 35.1. The van der Waals surface area contributed by atoms with Crippen molar-refractivity contribution < 1.29 is 0 Å². The second-order valence-corrected chi connectivity index (χ2v) is 14.3. The van der Waals surface area contributed by atoms with Crippen molar-refractivity contribution in [2.45, 2.75) is 25.7 Å². The molecule has 0 heterocycles. The van der Waals surface area contributed by atoms with Gasteiger partial charge >= 0.3 is 0 Å². The van der Waals surface area contributed by atoms with Gasteiger partial charge in [0.15, 0.2) is 0 Å². The van der Waals surface area contributed by atoms with Crippen LogP contribution in [0.25, 0.3) is 66.2 Å². The number of benzene rings is 8. The fraction of sp³-hybridized carbons (Fsp3) is 0.0769. The highest BCUT2D eigenvalue weighted by Crippen LogP contribution is 2.42. The summed E-state index contributed by atoms with van der Waals surface area (Å²) in [5.74, 6) is 0. The van der Waals surface area contributed by atoms with Gasteiger partial charge in [0.25, 0.3) is 0 Å². The summed E-state index contributed by atoms with van der Waals surface area (Å²) in [4.78, 5) is 2.50. The van der Waals surface area contributed by atoms with Gasteiger partial charge in [0.05, 0.1) is 0 Å². The fourth-order valence-corrected chi connectivity index (χ4v) is 8.61. The molecule has 0 amide bonds. The average molecular weight is 678 g/mol. The number of anilines is 2. The first-order valence-corrected chi connectivity index (χ1v) is 18.9. The molecule has 0 aromatic heterocycles. The van der Waals surface area contributed by atoms with Crippen LogP contribution in [0.3, 0.4) is 0 Å². The van der Waals surface area contributed by atoms with E-state index >= 15 is 0 Å². The maximum Gasteiger partial charge on any atom is 0.0464 e. The van der Waals surface area contributed by atoms with Gasteiger partial charge in [-0.2, -0.15) is 0 Å². The third-order valence-electron chi connectivity index (χ3n) is 11.1. The number of nitrogens with zero attached hydrogens (tertiary/aromatic N) is 1. The van der Waals surface area contributed by atoms with E-state index < -0.39 is 0 Å². The van der Waals surface area contributed by atoms with Gasteiger partial charge < -0.3 is 4.90 Å². The Kier molecular flexibility index (Phi) is 7.84. The summed E-state index contributed by atoms with van der Waals surface area (Å²) in [7, 11) is 0. The predicted molar refractivity (Wildman–Crippen MR) is 228 cm³/mol. The van der Waals surface area contributed by atoms with Crippen molar-refractivity contribution in [3.05, 3.63) is 204 Å². The van der Waals surface area contributed by atoms with E-state index in [0.717, 1.165) is 31.4 Å². The molecule has 10 rings (SSSR count). The summed E-state index contributed by atoms with van der Waals surface area (Å²) in [5, 5.41) is 7.81. The van der Waals surface area contributed by atoms with Gasteiger partial charge in [0.1, 0.15) is 0 Å². The summed E-state index contributed by atoms with van der Waals surface area (Å²) in [5.41, 5.74) is 14.0. The summed E-state index contributed by atoms with van der Waals surface area (Å²) < 4.78 is 0. The standard InChI is InChI=1S/C52H39N/c1-2-14-36(15-3-1)37-28-30-42(31-29-37)53(43-20-12-18-38(32-43)51-34-40-16-4-6-22-45(40)47-24-8-10-26-49(47)51)44-21-13-19-39(33-44)52-35-41-17-5-7-23-46(41)48-25-9-11-27-50(48)52/h1-4,6-11,13-16,18-19,21-35H,5,12,17,20H2. The van der Waals surface area contributed by atoms with Crippen molar-refractivity contribution in [3.63, 3.8) is 0 Å². The van der Waals surface area contributed by atoms with E-state index in [1.807, 2.05) is 0 Å². The van der Waals surface area contributed by atoms with Crippen LogP contribution in [0.1, 0.15) is 36.0 Å². The number of hydrogen-bond acceptors (Lipinski definition) is 1. The second kappa shape index (κ2) is 13.3. The Balaban J connectivity index is 1.13. The molecule has 2 aliphatic rings. The Labute approximate surface area is 311 Å². The largest absolute Gasteiger partial charge is 0.314 e. The highest BCUT2D eigenvalue weighted by Gasteiger charge is 2.21. The molecule has 2 aliphatic carbocycles. The van der Waals surface area contributed by atoms with Crippen LogP contribution in [0.4, 0.5) is 11.4 Å². The molecule has 0 saturated heterocycles. The Morgan fingerprint density at radius 3 is 1.94 bits per heavy atom. The summed E-state index contributed by atoms with van der Waals surface area (Å²) in [6, 6.07) is 60.4. The molecule has 0 N–H and O–H groups in total. The topological polar surface area (TPSA) is 3.24 Å². The molecule has 0 saturated carbocycles. The SMILES string of the molecule is C1=Cc2c(cc(-c3cccc(N(C4=CC(c5cc6ccccc6c6ccccc56)=CCC4)c4ccc(-c5ccccc5)cc4)c3)c3ccccc23)CC1. The number of aryl methyl sites for hydroxylation is 1. The van der Waals surface area contributed by atoms with Crippen LogP contribution in [0, 0.1) is 0 Å². The first kappa shape index (κ1) is 31.3. The molecule has 1 nitrogen and oxygen atoms in total. The second-order valence-electron chi connectivity index (χ2n) is 14.3. The van der Waals surface area contributed by atoms with E-state index in [4.69, 9.17) is 0 Å². The molecule has 1 heteroatoms. The van der Waals surface area contributed by atoms with E-state index in [1.165, 1.54) is 88.2 Å². The Morgan fingerprint density at radius 2 is 1.11 bits per heavy atom. The van der Waals surface area contributed by atoms with Crippen molar-refractivity contribution in [2.24, 2.45) is 0 Å². The summed E-state index contributed by atoms with van der Waals surface area (Å²) >= 11 is 0. The number of fused-ring (bicyclic) bond motifs is 6. The van der Waals surface area contributed by atoms with Crippen LogP contribution >= 0.6 is 0 Å². The molecule has 0 fully saturated rings. The zero-order valence-corrected chi connectivity index (χ0v) is 29.7. The van der Waals surface area contributed by atoms with Gasteiger partial charge in [0.2, 0.25) is 0 Å². The van der Waals surface area contributed by atoms with Crippen LogP contribution in [0.15, 0.2) is 188 Å². The van der Waals surface area contributed by atoms with Crippen molar-refractivity contribution in [2.75, 3.05) is 4.90 Å². The minimum atomic E-state index is 0.952. The molecule has 8 aromatic rings. The van der Waals surface area contributed by atoms with Crippen LogP contribution in [0.5, 0.6) is 0 Å². The highest BCUT2D eigenvalue weighted by molar-refractivity contribution is 6.12. The predicted octanol–water partition coefficient (Wildman–Crippen LogP) is 14.3. The van der Waals surface area contributed by atoms with Gasteiger partial charge in [-0.05, 0) is 145 Å². The van der Waals surface area contributed by atoms with Gasteiger partial charge in [-0.15, -0.1) is 0 Å². The number of allylic oxidation sites excluding steroid dienone is 5. The minimum absolute atomic E-state index is 0.952. The lowest BCUT2D eigenvalue weighted by atomic mass is 9.87. The van der Waals surface area contributed by atoms with Crippen molar-refractivity contribution in [1.29, 1.82) is 0 Å². The zero-order valence-electron chi connectivity index (χ0n) is 29.7. The molecule has 0 aliphatic heterocycles. The van der Waals surface area contributed by atoms with Crippen molar-refractivity contribution >= 4 is 55.3 Å². The van der Waals surface area contributed by atoms with E-state index in [9.17, 15) is 0 Å². The number of rotatable bonds is 6.